The van der Waals surface area contributed by atoms with Gasteiger partial charge in [-0.2, -0.15) is 0 Å². The lowest BCUT2D eigenvalue weighted by Gasteiger charge is -2.24. The van der Waals surface area contributed by atoms with E-state index in [2.05, 4.69) is 4.72 Å². The van der Waals surface area contributed by atoms with E-state index in [4.69, 9.17) is 4.74 Å². The third-order valence-corrected chi connectivity index (χ3v) is 3.55. The Hall–Kier alpha value is -1.40. The Balaban J connectivity index is 2.66. The van der Waals surface area contributed by atoms with Crippen molar-refractivity contribution in [3.63, 3.8) is 0 Å². The summed E-state index contributed by atoms with van der Waals surface area (Å²) in [6.07, 6.45) is 2.37. The molecular weight excluding hydrogens is 290 g/mol. The van der Waals surface area contributed by atoms with Gasteiger partial charge >= 0.3 is 5.97 Å². The molecule has 0 aliphatic rings. The lowest BCUT2D eigenvalue weighted by Crippen LogP contribution is -2.29. The number of hydrogen-bond acceptors (Lipinski definition) is 4. The van der Waals surface area contributed by atoms with Crippen molar-refractivity contribution in [2.45, 2.75) is 39.2 Å². The van der Waals surface area contributed by atoms with Crippen molar-refractivity contribution in [1.82, 2.24) is 4.72 Å². The normalized spacial score (nSPS) is 12.2. The van der Waals surface area contributed by atoms with Crippen LogP contribution in [0.15, 0.2) is 24.3 Å². The number of hydrogen-bond donors (Lipinski definition) is 1. The minimum Gasteiger partial charge on any atom is -0.460 e. The maximum absolute atomic E-state index is 11.1. The molecule has 1 N–H and O–H groups in total. The van der Waals surface area contributed by atoms with Crippen LogP contribution in [0.1, 0.15) is 31.9 Å². The molecule has 0 aliphatic carbocycles. The van der Waals surface area contributed by atoms with E-state index < -0.39 is 15.6 Å². The van der Waals surface area contributed by atoms with Gasteiger partial charge in [0, 0.05) is 19.9 Å². The number of carbonyl (C=O) groups excluding carboxylic acids is 1. The minimum atomic E-state index is -3.15. The van der Waals surface area contributed by atoms with Gasteiger partial charge in [-0.3, -0.25) is 4.79 Å². The zero-order chi connectivity index (χ0) is 16.1. The molecule has 5 nitrogen and oxygen atoms in total. The number of esters is 1. The highest BCUT2D eigenvalue weighted by Crippen LogP contribution is 2.18. The zero-order valence-electron chi connectivity index (χ0n) is 13.0. The molecule has 0 saturated carbocycles. The van der Waals surface area contributed by atoms with E-state index in [0.29, 0.717) is 19.4 Å². The predicted molar refractivity (Wildman–Crippen MR) is 82.5 cm³/mol. The summed E-state index contributed by atoms with van der Waals surface area (Å²) in [5, 5.41) is 0. The Kier molecular flexibility index (Phi) is 5.92. The van der Waals surface area contributed by atoms with Crippen LogP contribution in [0.5, 0.6) is 0 Å². The molecular formula is C15H23NO4S. The molecule has 1 aromatic carbocycles. The maximum atomic E-state index is 11.1. The van der Waals surface area contributed by atoms with E-state index >= 15 is 0 Å². The van der Waals surface area contributed by atoms with E-state index in [9.17, 15) is 13.2 Å². The van der Waals surface area contributed by atoms with E-state index in [1.54, 1.807) is 0 Å². The summed E-state index contributed by atoms with van der Waals surface area (Å²) in [6.45, 7) is 5.50. The quantitative estimate of drug-likeness (QED) is 0.777. The summed E-state index contributed by atoms with van der Waals surface area (Å²) >= 11 is 0. The van der Waals surface area contributed by atoms with Gasteiger partial charge in [0.25, 0.3) is 0 Å². The minimum absolute atomic E-state index is 0.298. The SMILES string of the molecule is CC(=O)OC(C)(C)Cc1cccc(CCNS(C)(=O)=O)c1. The summed E-state index contributed by atoms with van der Waals surface area (Å²) in [6, 6.07) is 7.86. The Morgan fingerprint density at radius 2 is 1.90 bits per heavy atom. The average Bonchev–Trinajstić information content (AvgIpc) is 2.24. The molecule has 6 heteroatoms. The first kappa shape index (κ1) is 17.7. The van der Waals surface area contributed by atoms with Gasteiger partial charge in [0.05, 0.1) is 6.26 Å². The van der Waals surface area contributed by atoms with Gasteiger partial charge in [0.2, 0.25) is 10.0 Å². The molecule has 0 radical (unpaired) electrons. The second-order valence-electron chi connectivity index (χ2n) is 5.77. The Morgan fingerprint density at radius 1 is 1.29 bits per heavy atom. The summed E-state index contributed by atoms with van der Waals surface area (Å²) in [5.74, 6) is -0.298. The number of rotatable bonds is 7. The number of ether oxygens (including phenoxy) is 1. The van der Waals surface area contributed by atoms with Crippen LogP contribution in [0, 0.1) is 0 Å². The third-order valence-electron chi connectivity index (χ3n) is 2.82. The fourth-order valence-electron chi connectivity index (χ4n) is 2.19. The van der Waals surface area contributed by atoms with Crippen LogP contribution >= 0.6 is 0 Å². The van der Waals surface area contributed by atoms with Crippen LogP contribution in [-0.4, -0.2) is 32.8 Å². The van der Waals surface area contributed by atoms with E-state index in [0.717, 1.165) is 17.4 Å². The third kappa shape index (κ3) is 7.82. The molecule has 0 atom stereocenters. The summed E-state index contributed by atoms with van der Waals surface area (Å²) < 4.78 is 29.8. The fourth-order valence-corrected chi connectivity index (χ4v) is 2.67. The largest absolute Gasteiger partial charge is 0.460 e. The van der Waals surface area contributed by atoms with Gasteiger partial charge in [-0.05, 0) is 31.4 Å². The first-order valence-electron chi connectivity index (χ1n) is 6.79. The molecule has 0 unspecified atom stereocenters. The van der Waals surface area contributed by atoms with E-state index in [1.165, 1.54) is 6.92 Å². The number of nitrogens with one attached hydrogen (secondary N) is 1. The van der Waals surface area contributed by atoms with Gasteiger partial charge in [-0.1, -0.05) is 24.3 Å². The van der Waals surface area contributed by atoms with Crippen molar-refractivity contribution in [3.8, 4) is 0 Å². The first-order chi connectivity index (χ1) is 9.57. The van der Waals surface area contributed by atoms with E-state index in [-0.39, 0.29) is 5.97 Å². The molecule has 0 fully saturated rings. The van der Waals surface area contributed by atoms with Crippen molar-refractivity contribution in [2.24, 2.45) is 0 Å². The topological polar surface area (TPSA) is 72.5 Å². The van der Waals surface area contributed by atoms with Gasteiger partial charge < -0.3 is 4.74 Å². The van der Waals surface area contributed by atoms with Crippen LogP contribution < -0.4 is 4.72 Å². The molecule has 0 saturated heterocycles. The molecule has 1 rings (SSSR count). The van der Waals surface area contributed by atoms with Crippen molar-refractivity contribution in [1.29, 1.82) is 0 Å². The summed E-state index contributed by atoms with van der Waals surface area (Å²) in [4.78, 5) is 11.1. The number of benzene rings is 1. The van der Waals surface area contributed by atoms with Crippen molar-refractivity contribution >= 4 is 16.0 Å². The zero-order valence-corrected chi connectivity index (χ0v) is 13.8. The molecule has 0 aromatic heterocycles. The van der Waals surface area contributed by atoms with Crippen molar-refractivity contribution < 1.29 is 17.9 Å². The van der Waals surface area contributed by atoms with Gasteiger partial charge in [0.15, 0.2) is 0 Å². The average molecular weight is 313 g/mol. The Morgan fingerprint density at radius 3 is 2.48 bits per heavy atom. The van der Waals surface area contributed by atoms with Crippen molar-refractivity contribution in [2.75, 3.05) is 12.8 Å². The van der Waals surface area contributed by atoms with Crippen molar-refractivity contribution in [3.05, 3.63) is 35.4 Å². The molecule has 0 heterocycles. The fraction of sp³-hybridized carbons (Fsp3) is 0.533. The van der Waals surface area contributed by atoms with Gasteiger partial charge in [-0.25, -0.2) is 13.1 Å². The van der Waals surface area contributed by atoms with Gasteiger partial charge in [0.1, 0.15) is 5.60 Å². The highest BCUT2D eigenvalue weighted by molar-refractivity contribution is 7.88. The van der Waals surface area contributed by atoms with E-state index in [1.807, 2.05) is 38.1 Å². The molecule has 1 aromatic rings. The first-order valence-corrected chi connectivity index (χ1v) is 8.69. The molecule has 118 valence electrons. The van der Waals surface area contributed by atoms with Crippen LogP contribution in [0.4, 0.5) is 0 Å². The molecule has 0 bridgehead atoms. The smallest absolute Gasteiger partial charge is 0.303 e. The highest BCUT2D eigenvalue weighted by atomic mass is 32.2. The van der Waals surface area contributed by atoms with Crippen LogP contribution in [0.25, 0.3) is 0 Å². The predicted octanol–water partition coefficient (Wildman–Crippen LogP) is 1.66. The molecule has 21 heavy (non-hydrogen) atoms. The van der Waals surface area contributed by atoms with Crippen LogP contribution in [-0.2, 0) is 32.4 Å². The number of sulfonamides is 1. The second kappa shape index (κ2) is 7.04. The molecule has 0 amide bonds. The lowest BCUT2D eigenvalue weighted by atomic mass is 9.96. The van der Waals surface area contributed by atoms with Gasteiger partial charge in [-0.15, -0.1) is 0 Å². The summed E-state index contributed by atoms with van der Waals surface area (Å²) in [7, 11) is -3.15. The van der Waals surface area contributed by atoms with Crippen LogP contribution in [0.3, 0.4) is 0 Å². The number of carbonyl (C=O) groups is 1. The Labute approximate surface area is 126 Å². The highest BCUT2D eigenvalue weighted by Gasteiger charge is 2.21. The Bertz CT molecular complexity index is 593. The summed E-state index contributed by atoms with van der Waals surface area (Å²) in [5.41, 5.74) is 1.54. The monoisotopic (exact) mass is 313 g/mol. The lowest BCUT2D eigenvalue weighted by molar-refractivity contribution is -0.153. The molecule has 0 aliphatic heterocycles. The molecule has 0 spiro atoms. The standard InChI is InChI=1S/C15H23NO4S/c1-12(17)20-15(2,3)11-14-7-5-6-13(10-14)8-9-16-21(4,18)19/h5-7,10,16H,8-9,11H2,1-4H3. The second-order valence-corrected chi connectivity index (χ2v) is 7.60. The van der Waals surface area contributed by atoms with Crippen LogP contribution in [0.2, 0.25) is 0 Å². The maximum Gasteiger partial charge on any atom is 0.303 e.